The van der Waals surface area contributed by atoms with E-state index in [0.29, 0.717) is 12.0 Å². The van der Waals surface area contributed by atoms with Crippen LogP contribution in [0.4, 0.5) is 0 Å². The molecule has 0 aliphatic heterocycles. The Hall–Kier alpha value is -1.61. The summed E-state index contributed by atoms with van der Waals surface area (Å²) in [5, 5.41) is 17.6. The summed E-state index contributed by atoms with van der Waals surface area (Å²) in [6.45, 7) is 5.90. The van der Waals surface area contributed by atoms with Gasteiger partial charge in [0.2, 0.25) is 0 Å². The minimum absolute atomic E-state index is 0.0415. The maximum Gasteiger partial charge on any atom is 0.161 e. The Morgan fingerprint density at radius 1 is 1.27 bits per heavy atom. The molecule has 0 heterocycles. The summed E-state index contributed by atoms with van der Waals surface area (Å²) < 4.78 is 0. The number of Topliss-reactive ketones (excluding diaryl/α,β-unsaturated/α-hetero) is 1. The minimum atomic E-state index is -0.895. The summed E-state index contributed by atoms with van der Waals surface area (Å²) >= 11 is 0. The van der Waals surface area contributed by atoms with Crippen LogP contribution < -0.4 is 0 Å². The lowest BCUT2D eigenvalue weighted by Gasteiger charge is -2.31. The molecule has 0 N–H and O–H groups in total. The SMILES string of the molecule is CC1=C(C(C#N)C#N)C(=O)CC(C)(C)C1. The molecule has 1 rings (SSSR count). The van der Waals surface area contributed by atoms with Gasteiger partial charge in [-0.05, 0) is 18.8 Å². The molecule has 0 radical (unpaired) electrons. The molecule has 0 saturated heterocycles. The fourth-order valence-corrected chi connectivity index (χ4v) is 2.21. The van der Waals surface area contributed by atoms with Gasteiger partial charge in [-0.1, -0.05) is 19.4 Å². The first kappa shape index (κ1) is 11.5. The van der Waals surface area contributed by atoms with Gasteiger partial charge in [0.05, 0.1) is 12.1 Å². The molecule has 15 heavy (non-hydrogen) atoms. The van der Waals surface area contributed by atoms with Crippen molar-refractivity contribution in [1.29, 1.82) is 10.5 Å². The zero-order chi connectivity index (χ0) is 11.6. The molecule has 0 aromatic rings. The first-order valence-corrected chi connectivity index (χ1v) is 4.93. The summed E-state index contributed by atoms with van der Waals surface area (Å²) in [7, 11) is 0. The first-order chi connectivity index (χ1) is 6.91. The minimum Gasteiger partial charge on any atom is -0.294 e. The van der Waals surface area contributed by atoms with E-state index in [9.17, 15) is 4.79 Å². The van der Waals surface area contributed by atoms with E-state index in [1.807, 2.05) is 32.9 Å². The highest BCUT2D eigenvalue weighted by atomic mass is 16.1. The van der Waals surface area contributed by atoms with Gasteiger partial charge in [-0.15, -0.1) is 0 Å². The number of hydrogen-bond acceptors (Lipinski definition) is 3. The zero-order valence-corrected chi connectivity index (χ0v) is 9.29. The number of allylic oxidation sites excluding steroid dienone is 2. The van der Waals surface area contributed by atoms with Crippen LogP contribution in [0.5, 0.6) is 0 Å². The van der Waals surface area contributed by atoms with Crippen molar-refractivity contribution in [2.45, 2.75) is 33.6 Å². The fraction of sp³-hybridized carbons (Fsp3) is 0.583. The predicted octanol–water partition coefficient (Wildman–Crippen LogP) is 2.36. The maximum atomic E-state index is 11.8. The van der Waals surface area contributed by atoms with E-state index in [4.69, 9.17) is 10.5 Å². The summed E-state index contributed by atoms with van der Waals surface area (Å²) in [5.41, 5.74) is 1.28. The number of rotatable bonds is 1. The Kier molecular flexibility index (Phi) is 2.95. The second-order valence-corrected chi connectivity index (χ2v) is 4.83. The van der Waals surface area contributed by atoms with Crippen LogP contribution in [0.25, 0.3) is 0 Å². The second kappa shape index (κ2) is 3.87. The maximum absolute atomic E-state index is 11.8. The average molecular weight is 202 g/mol. The van der Waals surface area contributed by atoms with Crippen molar-refractivity contribution in [3.05, 3.63) is 11.1 Å². The molecule has 0 spiro atoms. The second-order valence-electron chi connectivity index (χ2n) is 4.83. The van der Waals surface area contributed by atoms with Crippen molar-refractivity contribution in [2.75, 3.05) is 0 Å². The van der Waals surface area contributed by atoms with E-state index in [1.165, 1.54) is 0 Å². The number of carbonyl (C=O) groups is 1. The van der Waals surface area contributed by atoms with Crippen LogP contribution in [0.1, 0.15) is 33.6 Å². The van der Waals surface area contributed by atoms with Crippen molar-refractivity contribution >= 4 is 5.78 Å². The lowest BCUT2D eigenvalue weighted by molar-refractivity contribution is -0.118. The molecular formula is C12H14N2O. The van der Waals surface area contributed by atoms with E-state index < -0.39 is 5.92 Å². The van der Waals surface area contributed by atoms with Gasteiger partial charge in [0.1, 0.15) is 0 Å². The Bertz CT molecular complexity index is 390. The number of nitrogens with zero attached hydrogens (tertiary/aromatic N) is 2. The molecule has 0 saturated carbocycles. The molecule has 0 amide bonds. The predicted molar refractivity (Wildman–Crippen MR) is 55.4 cm³/mol. The summed E-state index contributed by atoms with van der Waals surface area (Å²) in [5.74, 6) is -0.939. The van der Waals surface area contributed by atoms with E-state index in [2.05, 4.69) is 0 Å². The highest BCUT2D eigenvalue weighted by Crippen LogP contribution is 2.38. The molecule has 0 unspecified atom stereocenters. The fourth-order valence-electron chi connectivity index (χ4n) is 2.21. The zero-order valence-electron chi connectivity index (χ0n) is 9.29. The van der Waals surface area contributed by atoms with Gasteiger partial charge in [-0.3, -0.25) is 4.79 Å². The highest BCUT2D eigenvalue weighted by molar-refractivity contribution is 5.98. The highest BCUT2D eigenvalue weighted by Gasteiger charge is 2.34. The van der Waals surface area contributed by atoms with Gasteiger partial charge in [-0.25, -0.2) is 0 Å². The molecule has 0 fully saturated rings. The molecule has 1 aliphatic carbocycles. The average Bonchev–Trinajstić information content (AvgIpc) is 2.09. The monoisotopic (exact) mass is 202 g/mol. The topological polar surface area (TPSA) is 64.7 Å². The molecular weight excluding hydrogens is 188 g/mol. The van der Waals surface area contributed by atoms with E-state index in [-0.39, 0.29) is 11.2 Å². The normalized spacial score (nSPS) is 20.0. The third kappa shape index (κ3) is 2.25. The number of carbonyl (C=O) groups excluding carboxylic acids is 1. The van der Waals surface area contributed by atoms with Gasteiger partial charge in [0.25, 0.3) is 0 Å². The third-order valence-corrected chi connectivity index (χ3v) is 2.69. The Balaban J connectivity index is 3.15. The number of hydrogen-bond donors (Lipinski definition) is 0. The van der Waals surface area contributed by atoms with Crippen molar-refractivity contribution in [1.82, 2.24) is 0 Å². The van der Waals surface area contributed by atoms with Crippen LogP contribution in [-0.2, 0) is 4.79 Å². The van der Waals surface area contributed by atoms with E-state index >= 15 is 0 Å². The summed E-state index contributed by atoms with van der Waals surface area (Å²) in [6, 6.07) is 3.74. The van der Waals surface area contributed by atoms with Crippen LogP contribution in [-0.4, -0.2) is 5.78 Å². The Labute approximate surface area is 90.0 Å². The molecule has 0 aromatic carbocycles. The smallest absolute Gasteiger partial charge is 0.161 e. The van der Waals surface area contributed by atoms with Gasteiger partial charge in [-0.2, -0.15) is 10.5 Å². The van der Waals surface area contributed by atoms with Gasteiger partial charge in [0.15, 0.2) is 11.7 Å². The molecule has 0 bridgehead atoms. The summed E-state index contributed by atoms with van der Waals surface area (Å²) in [4.78, 5) is 11.8. The molecule has 78 valence electrons. The van der Waals surface area contributed by atoms with Gasteiger partial charge < -0.3 is 0 Å². The molecule has 3 nitrogen and oxygen atoms in total. The Morgan fingerprint density at radius 2 is 1.80 bits per heavy atom. The lowest BCUT2D eigenvalue weighted by Crippen LogP contribution is -2.27. The van der Waals surface area contributed by atoms with E-state index in [0.717, 1.165) is 12.0 Å². The van der Waals surface area contributed by atoms with Crippen molar-refractivity contribution in [3.8, 4) is 12.1 Å². The van der Waals surface area contributed by atoms with Gasteiger partial charge >= 0.3 is 0 Å². The molecule has 0 atom stereocenters. The largest absolute Gasteiger partial charge is 0.294 e. The van der Waals surface area contributed by atoms with Crippen LogP contribution in [0.15, 0.2) is 11.1 Å². The lowest BCUT2D eigenvalue weighted by atomic mass is 9.72. The molecule has 3 heteroatoms. The van der Waals surface area contributed by atoms with Crippen molar-refractivity contribution < 1.29 is 4.79 Å². The summed E-state index contributed by atoms with van der Waals surface area (Å²) in [6.07, 6.45) is 1.22. The first-order valence-electron chi connectivity index (χ1n) is 4.93. The number of ketones is 1. The van der Waals surface area contributed by atoms with Crippen LogP contribution >= 0.6 is 0 Å². The molecule has 1 aliphatic rings. The third-order valence-electron chi connectivity index (χ3n) is 2.69. The standard InChI is InChI=1S/C12H14N2O/c1-8-4-12(2,3)5-10(15)11(8)9(6-13)7-14/h9H,4-5H2,1-3H3. The van der Waals surface area contributed by atoms with E-state index in [1.54, 1.807) is 0 Å². The Morgan fingerprint density at radius 3 is 2.20 bits per heavy atom. The van der Waals surface area contributed by atoms with Gasteiger partial charge in [0, 0.05) is 12.0 Å². The van der Waals surface area contributed by atoms with Crippen molar-refractivity contribution in [3.63, 3.8) is 0 Å². The van der Waals surface area contributed by atoms with Crippen LogP contribution in [0.3, 0.4) is 0 Å². The quantitative estimate of drug-likeness (QED) is 0.655. The van der Waals surface area contributed by atoms with Crippen LogP contribution in [0, 0.1) is 34.0 Å². The van der Waals surface area contributed by atoms with Crippen LogP contribution in [0.2, 0.25) is 0 Å². The van der Waals surface area contributed by atoms with Crippen molar-refractivity contribution in [2.24, 2.45) is 11.3 Å². The molecule has 0 aromatic heterocycles. The number of nitriles is 2.